The van der Waals surface area contributed by atoms with Gasteiger partial charge < -0.3 is 0 Å². The Kier molecular flexibility index (Phi) is 4.57. The number of piperidine rings is 3. The average molecular weight is 369 g/mol. The van der Waals surface area contributed by atoms with Gasteiger partial charge in [-0.3, -0.25) is 9.88 Å². The van der Waals surface area contributed by atoms with Gasteiger partial charge in [0.25, 0.3) is 7.12 Å². The summed E-state index contributed by atoms with van der Waals surface area (Å²) in [4.78, 5) is 6.87. The number of aromatic nitrogens is 1. The minimum absolute atomic E-state index is 0.120. The van der Waals surface area contributed by atoms with Crippen LogP contribution in [0.4, 0.5) is 0 Å². The molecule has 2 bridgehead atoms. The predicted molar refractivity (Wildman–Crippen MR) is 104 cm³/mol. The minimum atomic E-state index is -3.83. The van der Waals surface area contributed by atoms with Crippen LogP contribution < -0.4 is 4.72 Å². The third kappa shape index (κ3) is 3.40. The van der Waals surface area contributed by atoms with Crippen LogP contribution in [-0.4, -0.2) is 44.6 Å². The number of pyridine rings is 1. The molecule has 3 saturated heterocycles. The van der Waals surface area contributed by atoms with E-state index in [-0.39, 0.29) is 12.1 Å². The zero-order chi connectivity index (χ0) is 18.5. The molecule has 2 radical (unpaired) electrons. The Hall–Kier alpha value is -1.44. The fourth-order valence-electron chi connectivity index (χ4n) is 4.76. The number of fused-ring (bicyclic) bond motifs is 4. The van der Waals surface area contributed by atoms with E-state index in [1.165, 1.54) is 6.42 Å². The van der Waals surface area contributed by atoms with Gasteiger partial charge in [-0.05, 0) is 61.9 Å². The van der Waals surface area contributed by atoms with Crippen molar-refractivity contribution in [2.75, 3.05) is 13.1 Å². The highest BCUT2D eigenvalue weighted by Gasteiger charge is 2.42. The van der Waals surface area contributed by atoms with E-state index in [0.717, 1.165) is 41.5 Å². The van der Waals surface area contributed by atoms with E-state index in [1.54, 1.807) is 6.20 Å². The number of aryl methyl sites for hydroxylation is 1. The highest BCUT2D eigenvalue weighted by Crippen LogP contribution is 2.41. The summed E-state index contributed by atoms with van der Waals surface area (Å²) in [5, 5.41) is 0.990. The van der Waals surface area contributed by atoms with E-state index < -0.39 is 9.87 Å². The first kappa shape index (κ1) is 18.0. The van der Waals surface area contributed by atoms with Crippen molar-refractivity contribution >= 4 is 27.9 Å². The largest absolute Gasteiger partial charge is 0.298 e. The molecule has 4 heterocycles. The van der Waals surface area contributed by atoms with Crippen molar-refractivity contribution in [2.24, 2.45) is 11.8 Å². The van der Waals surface area contributed by atoms with Gasteiger partial charge in [0.1, 0.15) is 9.87 Å². The normalized spacial score (nSPS) is 29.8. The van der Waals surface area contributed by atoms with Gasteiger partial charge in [-0.15, -0.1) is 0 Å². The summed E-state index contributed by atoms with van der Waals surface area (Å²) in [5.41, 5.74) is 2.96. The van der Waals surface area contributed by atoms with Crippen LogP contribution >= 0.6 is 0 Å². The zero-order valence-electron chi connectivity index (χ0n) is 15.2. The first-order valence-corrected chi connectivity index (χ1v) is 10.8. The third-order valence-electron chi connectivity index (χ3n) is 6.07. The molecule has 1 aromatic carbocycles. The number of rotatable bonds is 4. The highest BCUT2D eigenvalue weighted by atomic mass is 32.2. The molecule has 4 unspecified atom stereocenters. The van der Waals surface area contributed by atoms with Crippen LogP contribution in [0.2, 0.25) is 0 Å². The smallest absolute Gasteiger partial charge is 0.277 e. The zero-order valence-corrected chi connectivity index (χ0v) is 16.0. The monoisotopic (exact) mass is 369 g/mol. The summed E-state index contributed by atoms with van der Waals surface area (Å²) in [7, 11) is 1.58. The lowest BCUT2D eigenvalue weighted by atomic mass is 9.74. The maximum Gasteiger partial charge on any atom is 0.277 e. The lowest BCUT2D eigenvalue weighted by Gasteiger charge is -2.51. The summed E-state index contributed by atoms with van der Waals surface area (Å²) in [6.45, 7) is 6.36. The second kappa shape index (κ2) is 6.62. The summed E-state index contributed by atoms with van der Waals surface area (Å²) >= 11 is 0. The second-order valence-corrected chi connectivity index (χ2v) is 9.21. The molecule has 1 aromatic heterocycles. The maximum atomic E-state index is 12.0. The molecule has 5 rings (SSSR count). The lowest BCUT2D eigenvalue weighted by molar-refractivity contribution is -0.00487. The van der Waals surface area contributed by atoms with Crippen LogP contribution in [0.3, 0.4) is 0 Å². The fourth-order valence-corrected chi connectivity index (χ4v) is 5.40. The lowest BCUT2D eigenvalue weighted by Crippen LogP contribution is -2.57. The summed E-state index contributed by atoms with van der Waals surface area (Å²) in [6, 6.07) is 7.76. The van der Waals surface area contributed by atoms with Gasteiger partial charge in [0.2, 0.25) is 0 Å². The molecule has 2 aromatic rings. The van der Waals surface area contributed by atoms with Gasteiger partial charge in [0.05, 0.1) is 11.6 Å². The van der Waals surface area contributed by atoms with Crippen molar-refractivity contribution < 1.29 is 8.42 Å². The second-order valence-electron chi connectivity index (χ2n) is 7.89. The SMILES string of the molecule is [B]S(=O)(=O)N[C@H](c1ccnc2ccc(C)cc12)C1CC2CCN1CC2C. The molecule has 26 heavy (non-hydrogen) atoms. The van der Waals surface area contributed by atoms with Gasteiger partial charge in [-0.2, -0.15) is 0 Å². The van der Waals surface area contributed by atoms with Crippen LogP contribution in [0.1, 0.15) is 36.9 Å². The molecule has 0 saturated carbocycles. The maximum absolute atomic E-state index is 12.0. The van der Waals surface area contributed by atoms with Gasteiger partial charge in [-0.1, -0.05) is 18.6 Å². The van der Waals surface area contributed by atoms with E-state index in [9.17, 15) is 8.42 Å². The number of nitrogens with one attached hydrogen (secondary N) is 1. The molecule has 1 N–H and O–H groups in total. The topological polar surface area (TPSA) is 62.3 Å². The highest BCUT2D eigenvalue weighted by molar-refractivity contribution is 8.10. The standard InChI is InChI=1S/C19H24BN3O2S/c1-12-3-4-17-16(9-12)15(5-7-21-17)19(22-26(20,24)25)18-10-14-6-8-23(18)11-13(14)2/h3-5,7,9,13-14,18-19,22H,6,8,10-11H2,1-2H3/t13?,14?,18?,19-/m1/s1. The number of nitrogens with zero attached hydrogens (tertiary/aromatic N) is 2. The van der Waals surface area contributed by atoms with Gasteiger partial charge in [-0.25, -0.2) is 13.1 Å². The summed E-state index contributed by atoms with van der Waals surface area (Å²) in [6.07, 6.45) is 3.93. The number of hydrogen-bond donors (Lipinski definition) is 1. The third-order valence-corrected chi connectivity index (χ3v) is 6.65. The summed E-state index contributed by atoms with van der Waals surface area (Å²) < 4.78 is 26.7. The van der Waals surface area contributed by atoms with Gasteiger partial charge in [0, 0.05) is 24.2 Å². The van der Waals surface area contributed by atoms with Crippen molar-refractivity contribution in [3.8, 4) is 0 Å². The quantitative estimate of drug-likeness (QED) is 0.841. The van der Waals surface area contributed by atoms with E-state index in [0.29, 0.717) is 11.8 Å². The Morgan fingerprint density at radius 3 is 2.81 bits per heavy atom. The Balaban J connectivity index is 1.81. The van der Waals surface area contributed by atoms with Crippen molar-refractivity contribution in [1.82, 2.24) is 14.6 Å². The van der Waals surface area contributed by atoms with E-state index >= 15 is 0 Å². The van der Waals surface area contributed by atoms with Crippen LogP contribution in [0.15, 0.2) is 30.5 Å². The first-order valence-electron chi connectivity index (χ1n) is 9.21. The minimum Gasteiger partial charge on any atom is -0.298 e. The fraction of sp³-hybridized carbons (Fsp3) is 0.526. The Morgan fingerprint density at radius 2 is 2.15 bits per heavy atom. The molecular weight excluding hydrogens is 345 g/mol. The molecule has 0 amide bonds. The van der Waals surface area contributed by atoms with Gasteiger partial charge in [0.15, 0.2) is 0 Å². The van der Waals surface area contributed by atoms with E-state index in [4.69, 9.17) is 7.12 Å². The number of benzene rings is 1. The van der Waals surface area contributed by atoms with Gasteiger partial charge >= 0.3 is 0 Å². The Labute approximate surface area is 156 Å². The molecule has 0 spiro atoms. The van der Waals surface area contributed by atoms with Crippen LogP contribution in [0, 0.1) is 18.8 Å². The molecule has 3 fully saturated rings. The molecule has 7 heteroatoms. The molecule has 5 atom stereocenters. The molecule has 136 valence electrons. The first-order chi connectivity index (χ1) is 12.3. The van der Waals surface area contributed by atoms with Crippen molar-refractivity contribution in [2.45, 2.75) is 38.8 Å². The van der Waals surface area contributed by atoms with E-state index in [2.05, 4.69) is 27.6 Å². The van der Waals surface area contributed by atoms with E-state index in [1.807, 2.05) is 25.1 Å². The Bertz CT molecular complexity index is 934. The van der Waals surface area contributed by atoms with Crippen LogP contribution in [-0.2, 0) is 9.87 Å². The predicted octanol–water partition coefficient (Wildman–Crippen LogP) is 2.32. The number of hydrogen-bond acceptors (Lipinski definition) is 4. The molecule has 0 aliphatic carbocycles. The Morgan fingerprint density at radius 1 is 1.35 bits per heavy atom. The van der Waals surface area contributed by atoms with Crippen LogP contribution in [0.25, 0.3) is 10.9 Å². The molecular formula is C19H24BN3O2S. The molecule has 3 aliphatic heterocycles. The molecule has 3 aliphatic rings. The van der Waals surface area contributed by atoms with Crippen molar-refractivity contribution in [3.05, 3.63) is 41.6 Å². The molecule has 5 nitrogen and oxygen atoms in total. The summed E-state index contributed by atoms with van der Waals surface area (Å²) in [5.74, 6) is 1.30. The van der Waals surface area contributed by atoms with Crippen molar-refractivity contribution in [1.29, 1.82) is 0 Å². The van der Waals surface area contributed by atoms with Crippen LogP contribution in [0.5, 0.6) is 0 Å². The van der Waals surface area contributed by atoms with Crippen molar-refractivity contribution in [3.63, 3.8) is 0 Å². The average Bonchev–Trinajstić information content (AvgIpc) is 2.59.